The molecule has 0 atom stereocenters. The molecule has 0 spiro atoms. The molecule has 4 aromatic rings. The largest absolute Gasteiger partial charge is 0.481 e. The van der Waals surface area contributed by atoms with E-state index < -0.39 is 0 Å². The Hall–Kier alpha value is -3.28. The van der Waals surface area contributed by atoms with Gasteiger partial charge in [-0.3, -0.25) is 4.57 Å². The molecule has 118 valence electrons. The fourth-order valence-corrected chi connectivity index (χ4v) is 2.60. The molecule has 0 radical (unpaired) electrons. The maximum atomic E-state index is 13.7. The Morgan fingerprint density at radius 3 is 2.71 bits per heavy atom. The van der Waals surface area contributed by atoms with E-state index >= 15 is 0 Å². The molecule has 1 aromatic carbocycles. The summed E-state index contributed by atoms with van der Waals surface area (Å²) < 4.78 is 20.6. The number of halogens is 1. The molecule has 0 saturated heterocycles. The number of rotatable bonds is 3. The third kappa shape index (κ3) is 2.38. The van der Waals surface area contributed by atoms with Gasteiger partial charge in [0.05, 0.1) is 19.0 Å². The number of methoxy groups -OCH3 is 1. The van der Waals surface area contributed by atoms with Crippen LogP contribution in [0.3, 0.4) is 0 Å². The molecule has 0 unspecified atom stereocenters. The first-order valence-corrected chi connectivity index (χ1v) is 7.36. The van der Waals surface area contributed by atoms with Gasteiger partial charge < -0.3 is 4.74 Å². The summed E-state index contributed by atoms with van der Waals surface area (Å²) in [6, 6.07) is 13.7. The van der Waals surface area contributed by atoms with E-state index in [1.165, 1.54) is 12.1 Å². The summed E-state index contributed by atoms with van der Waals surface area (Å²) in [5, 5.41) is 0. The lowest BCUT2D eigenvalue weighted by atomic mass is 10.2. The van der Waals surface area contributed by atoms with Crippen molar-refractivity contribution in [3.63, 3.8) is 0 Å². The summed E-state index contributed by atoms with van der Waals surface area (Å²) in [6.45, 7) is 0. The van der Waals surface area contributed by atoms with Gasteiger partial charge >= 0.3 is 0 Å². The second-order valence-corrected chi connectivity index (χ2v) is 5.19. The van der Waals surface area contributed by atoms with Crippen LogP contribution in [-0.4, -0.2) is 26.6 Å². The van der Waals surface area contributed by atoms with Crippen molar-refractivity contribution in [1.29, 1.82) is 0 Å². The van der Waals surface area contributed by atoms with Gasteiger partial charge in [-0.1, -0.05) is 12.1 Å². The van der Waals surface area contributed by atoms with Gasteiger partial charge in [-0.15, -0.1) is 0 Å². The molecule has 0 amide bonds. The highest BCUT2D eigenvalue weighted by Gasteiger charge is 2.15. The number of nitrogens with zero attached hydrogens (tertiary/aromatic N) is 4. The zero-order chi connectivity index (χ0) is 16.5. The van der Waals surface area contributed by atoms with Gasteiger partial charge in [-0.2, -0.15) is 0 Å². The van der Waals surface area contributed by atoms with Crippen molar-refractivity contribution in [1.82, 2.24) is 19.5 Å². The van der Waals surface area contributed by atoms with Crippen molar-refractivity contribution in [2.24, 2.45) is 0 Å². The minimum atomic E-state index is -0.313. The lowest BCUT2D eigenvalue weighted by Crippen LogP contribution is -2.00. The van der Waals surface area contributed by atoms with Crippen molar-refractivity contribution >= 4 is 11.2 Å². The summed E-state index contributed by atoms with van der Waals surface area (Å²) in [5.41, 5.74) is 2.86. The minimum absolute atomic E-state index is 0.313. The number of imidazole rings is 1. The number of ether oxygens (including phenoxy) is 1. The molecule has 3 aromatic heterocycles. The third-order valence-electron chi connectivity index (χ3n) is 3.69. The molecule has 0 aliphatic heterocycles. The van der Waals surface area contributed by atoms with Crippen molar-refractivity contribution in [3.8, 4) is 23.0 Å². The fraction of sp³-hybridized carbons (Fsp3) is 0.0556. The third-order valence-corrected chi connectivity index (χ3v) is 3.69. The number of benzene rings is 1. The van der Waals surface area contributed by atoms with Crippen molar-refractivity contribution in [3.05, 3.63) is 66.7 Å². The van der Waals surface area contributed by atoms with Gasteiger partial charge in [0.15, 0.2) is 5.65 Å². The average Bonchev–Trinajstić information content (AvgIpc) is 3.01. The molecule has 0 fully saturated rings. The van der Waals surface area contributed by atoms with Gasteiger partial charge in [-0.25, -0.2) is 19.3 Å². The SMILES string of the molecule is COc1ccc(-n2c(-c3cccc(F)c3)nc3cccnc32)cn1. The van der Waals surface area contributed by atoms with Crippen LogP contribution in [0.5, 0.6) is 5.88 Å². The minimum Gasteiger partial charge on any atom is -0.481 e. The maximum Gasteiger partial charge on any atom is 0.213 e. The van der Waals surface area contributed by atoms with Gasteiger partial charge in [-0.05, 0) is 30.3 Å². The van der Waals surface area contributed by atoms with Gasteiger partial charge in [0.1, 0.15) is 17.2 Å². The van der Waals surface area contributed by atoms with E-state index in [1.54, 1.807) is 31.6 Å². The van der Waals surface area contributed by atoms with E-state index in [2.05, 4.69) is 15.0 Å². The molecular formula is C18H13FN4O. The average molecular weight is 320 g/mol. The number of pyridine rings is 2. The molecule has 4 rings (SSSR count). The molecule has 0 aliphatic carbocycles. The standard InChI is InChI=1S/C18H13FN4O/c1-24-16-8-7-14(11-21-16)23-17(12-4-2-5-13(19)10-12)22-15-6-3-9-20-18(15)23/h2-11H,1H3. The molecule has 0 N–H and O–H groups in total. The van der Waals surface area contributed by atoms with Crippen LogP contribution in [0.4, 0.5) is 4.39 Å². The van der Waals surface area contributed by atoms with Crippen molar-refractivity contribution in [2.45, 2.75) is 0 Å². The molecule has 3 heterocycles. The number of hydrogen-bond donors (Lipinski definition) is 0. The first-order chi connectivity index (χ1) is 11.8. The number of hydrogen-bond acceptors (Lipinski definition) is 4. The quantitative estimate of drug-likeness (QED) is 0.578. The lowest BCUT2D eigenvalue weighted by molar-refractivity contribution is 0.398. The molecule has 6 heteroatoms. The maximum absolute atomic E-state index is 13.7. The lowest BCUT2D eigenvalue weighted by Gasteiger charge is -2.09. The van der Waals surface area contributed by atoms with Gasteiger partial charge in [0.2, 0.25) is 5.88 Å². The van der Waals surface area contributed by atoms with Gasteiger partial charge in [0.25, 0.3) is 0 Å². The summed E-state index contributed by atoms with van der Waals surface area (Å²) >= 11 is 0. The van der Waals surface area contributed by atoms with Crippen LogP contribution in [0.25, 0.3) is 28.2 Å². The van der Waals surface area contributed by atoms with Crippen LogP contribution >= 0.6 is 0 Å². The van der Waals surface area contributed by atoms with E-state index in [0.717, 1.165) is 11.2 Å². The number of aromatic nitrogens is 4. The molecule has 0 aliphatic rings. The topological polar surface area (TPSA) is 52.8 Å². The van der Waals surface area contributed by atoms with Crippen LogP contribution in [0.1, 0.15) is 0 Å². The molecule has 5 nitrogen and oxygen atoms in total. The summed E-state index contributed by atoms with van der Waals surface area (Å²) in [5.74, 6) is 0.811. The van der Waals surface area contributed by atoms with Gasteiger partial charge in [0, 0.05) is 17.8 Å². The number of fused-ring (bicyclic) bond motifs is 1. The van der Waals surface area contributed by atoms with E-state index in [0.29, 0.717) is 22.9 Å². The monoisotopic (exact) mass is 320 g/mol. The highest BCUT2D eigenvalue weighted by Crippen LogP contribution is 2.28. The smallest absolute Gasteiger partial charge is 0.213 e. The Morgan fingerprint density at radius 2 is 1.96 bits per heavy atom. The van der Waals surface area contributed by atoms with Crippen LogP contribution in [0, 0.1) is 5.82 Å². The predicted octanol–water partition coefficient (Wildman–Crippen LogP) is 3.63. The second kappa shape index (κ2) is 5.73. The first-order valence-electron chi connectivity index (χ1n) is 7.36. The summed E-state index contributed by atoms with van der Waals surface area (Å²) in [6.07, 6.45) is 3.38. The van der Waals surface area contributed by atoms with E-state index in [9.17, 15) is 4.39 Å². The van der Waals surface area contributed by atoms with Crippen LogP contribution < -0.4 is 4.74 Å². The predicted molar refractivity (Wildman–Crippen MR) is 88.6 cm³/mol. The zero-order valence-electron chi connectivity index (χ0n) is 12.8. The molecule has 0 saturated carbocycles. The normalized spacial score (nSPS) is 10.9. The van der Waals surface area contributed by atoms with Crippen molar-refractivity contribution < 1.29 is 9.13 Å². The Morgan fingerprint density at radius 1 is 1.04 bits per heavy atom. The Balaban J connectivity index is 1.99. The summed E-state index contributed by atoms with van der Waals surface area (Å²) in [7, 11) is 1.56. The fourth-order valence-electron chi connectivity index (χ4n) is 2.60. The zero-order valence-corrected chi connectivity index (χ0v) is 12.8. The molecule has 0 bridgehead atoms. The molecule has 24 heavy (non-hydrogen) atoms. The Bertz CT molecular complexity index is 1010. The van der Waals surface area contributed by atoms with E-state index in [1.807, 2.05) is 28.8 Å². The van der Waals surface area contributed by atoms with E-state index in [-0.39, 0.29) is 5.82 Å². The van der Waals surface area contributed by atoms with Crippen LogP contribution in [0.2, 0.25) is 0 Å². The van der Waals surface area contributed by atoms with Crippen LogP contribution in [-0.2, 0) is 0 Å². The molecular weight excluding hydrogens is 307 g/mol. The highest BCUT2D eigenvalue weighted by atomic mass is 19.1. The van der Waals surface area contributed by atoms with Crippen molar-refractivity contribution in [2.75, 3.05) is 7.11 Å². The van der Waals surface area contributed by atoms with E-state index in [4.69, 9.17) is 4.74 Å². The Labute approximate surface area is 137 Å². The summed E-state index contributed by atoms with van der Waals surface area (Å²) in [4.78, 5) is 13.3. The highest BCUT2D eigenvalue weighted by molar-refractivity contribution is 5.79. The second-order valence-electron chi connectivity index (χ2n) is 5.19. The van der Waals surface area contributed by atoms with Crippen LogP contribution in [0.15, 0.2) is 60.9 Å². The first kappa shape index (κ1) is 14.3. The Kier molecular flexibility index (Phi) is 3.42.